The van der Waals surface area contributed by atoms with Gasteiger partial charge in [-0.25, -0.2) is 0 Å². The first-order valence-corrected chi connectivity index (χ1v) is 16.4. The molecule has 1 aliphatic heterocycles. The molecule has 0 saturated carbocycles. The number of azo groups is 1. The fourth-order valence-corrected chi connectivity index (χ4v) is 6.07. The van der Waals surface area contributed by atoms with E-state index in [4.69, 9.17) is 14.2 Å². The third kappa shape index (κ3) is 11.0. The first-order chi connectivity index (χ1) is 20.6. The van der Waals surface area contributed by atoms with Gasteiger partial charge < -0.3 is 14.2 Å². The number of benzene rings is 2. The largest absolute Gasteiger partial charge is 0.497 e. The standard InChI is InChI=1S/C36H53N3O3/c1-4-5-6-7-8-9-10-11-12-13-23-36(29-37,31-20-22-34-35(28-31)42-26-25-41-34)24-15-17-32(39-38-2)21-19-30-16-14-18-33(27-30)40-3/h14,16,18,20,22,27-28,32H,4-13,15,17,19,21,23-26H2,1-3H3/b39-38+. The molecule has 1 heterocycles. The van der Waals surface area contributed by atoms with Crippen LogP contribution in [0, 0.1) is 11.3 Å². The van der Waals surface area contributed by atoms with Crippen LogP contribution < -0.4 is 14.2 Å². The maximum Gasteiger partial charge on any atom is 0.161 e. The van der Waals surface area contributed by atoms with Crippen molar-refractivity contribution in [3.63, 3.8) is 0 Å². The number of aryl methyl sites for hydroxylation is 1. The molecular weight excluding hydrogens is 522 g/mol. The Morgan fingerprint density at radius 2 is 1.55 bits per heavy atom. The van der Waals surface area contributed by atoms with Gasteiger partial charge in [-0.15, -0.1) is 0 Å². The minimum atomic E-state index is -0.545. The quantitative estimate of drug-likeness (QED) is 0.110. The minimum absolute atomic E-state index is 0.134. The van der Waals surface area contributed by atoms with Crippen LogP contribution in [0.3, 0.4) is 0 Å². The van der Waals surface area contributed by atoms with Crippen molar-refractivity contribution in [2.75, 3.05) is 27.4 Å². The van der Waals surface area contributed by atoms with Crippen molar-refractivity contribution in [2.45, 2.75) is 121 Å². The highest BCUT2D eigenvalue weighted by atomic mass is 16.6. The lowest BCUT2D eigenvalue weighted by molar-refractivity contribution is 0.171. The summed E-state index contributed by atoms with van der Waals surface area (Å²) in [6, 6.07) is 17.3. The van der Waals surface area contributed by atoms with Gasteiger partial charge >= 0.3 is 0 Å². The number of rotatable bonds is 21. The average molecular weight is 576 g/mol. The molecular formula is C36H53N3O3. The van der Waals surface area contributed by atoms with Crippen LogP contribution in [0.5, 0.6) is 17.2 Å². The van der Waals surface area contributed by atoms with E-state index in [1.54, 1.807) is 14.2 Å². The minimum Gasteiger partial charge on any atom is -0.497 e. The normalized spacial score (nSPS) is 14.8. The molecule has 2 aromatic rings. The Hall–Kier alpha value is -3.07. The third-order valence-electron chi connectivity index (χ3n) is 8.59. The number of unbranched alkanes of at least 4 members (excludes halogenated alkanes) is 9. The van der Waals surface area contributed by atoms with Crippen molar-refractivity contribution in [1.29, 1.82) is 5.26 Å². The van der Waals surface area contributed by atoms with Gasteiger partial charge in [0.1, 0.15) is 19.0 Å². The maximum atomic E-state index is 10.7. The molecule has 2 unspecified atom stereocenters. The Morgan fingerprint density at radius 1 is 0.857 bits per heavy atom. The van der Waals surface area contributed by atoms with Crippen LogP contribution in [-0.2, 0) is 11.8 Å². The van der Waals surface area contributed by atoms with Crippen LogP contribution in [0.2, 0.25) is 0 Å². The van der Waals surface area contributed by atoms with Crippen LogP contribution in [-0.4, -0.2) is 33.4 Å². The van der Waals surface area contributed by atoms with Gasteiger partial charge in [0.05, 0.1) is 24.6 Å². The van der Waals surface area contributed by atoms with Crippen molar-refractivity contribution in [3.8, 4) is 23.3 Å². The van der Waals surface area contributed by atoms with Crippen LogP contribution in [0.1, 0.15) is 114 Å². The lowest BCUT2D eigenvalue weighted by Crippen LogP contribution is -2.26. The van der Waals surface area contributed by atoms with E-state index in [0.29, 0.717) is 13.2 Å². The zero-order valence-electron chi connectivity index (χ0n) is 26.4. The number of hydrogen-bond donors (Lipinski definition) is 0. The van der Waals surface area contributed by atoms with Crippen LogP contribution in [0.15, 0.2) is 52.7 Å². The molecule has 2 atom stereocenters. The Bertz CT molecular complexity index is 1110. The molecule has 0 fully saturated rings. The summed E-state index contributed by atoms with van der Waals surface area (Å²) in [5, 5.41) is 19.4. The molecule has 0 radical (unpaired) electrons. The summed E-state index contributed by atoms with van der Waals surface area (Å²) < 4.78 is 17.1. The Kier molecular flexibility index (Phi) is 15.3. The second kappa shape index (κ2) is 19.2. The van der Waals surface area contributed by atoms with Gasteiger partial charge in [-0.3, -0.25) is 0 Å². The van der Waals surface area contributed by atoms with Gasteiger partial charge in [-0.2, -0.15) is 15.5 Å². The highest BCUT2D eigenvalue weighted by molar-refractivity contribution is 5.47. The monoisotopic (exact) mass is 575 g/mol. The van der Waals surface area contributed by atoms with Crippen LogP contribution in [0.25, 0.3) is 0 Å². The van der Waals surface area contributed by atoms with Crippen molar-refractivity contribution >= 4 is 0 Å². The maximum absolute atomic E-state index is 10.7. The molecule has 0 saturated heterocycles. The summed E-state index contributed by atoms with van der Waals surface area (Å²) in [6.07, 6.45) is 18.2. The molecule has 0 bridgehead atoms. The summed E-state index contributed by atoms with van der Waals surface area (Å²) >= 11 is 0. The van der Waals surface area contributed by atoms with Crippen LogP contribution in [0.4, 0.5) is 0 Å². The van der Waals surface area contributed by atoms with Crippen LogP contribution >= 0.6 is 0 Å². The summed E-state index contributed by atoms with van der Waals surface area (Å²) in [6.45, 7) is 3.38. The number of methoxy groups -OCH3 is 1. The Morgan fingerprint density at radius 3 is 2.24 bits per heavy atom. The Balaban J connectivity index is 1.59. The first-order valence-electron chi connectivity index (χ1n) is 16.4. The van der Waals surface area contributed by atoms with E-state index in [-0.39, 0.29) is 6.04 Å². The molecule has 0 spiro atoms. The number of fused-ring (bicyclic) bond motifs is 1. The first kappa shape index (κ1) is 33.4. The molecule has 0 aromatic heterocycles. The fraction of sp³-hybridized carbons (Fsp3) is 0.639. The predicted octanol–water partition coefficient (Wildman–Crippen LogP) is 9.79. The second-order valence-electron chi connectivity index (χ2n) is 11.7. The van der Waals surface area contributed by atoms with Gasteiger partial charge in [-0.1, -0.05) is 89.3 Å². The average Bonchev–Trinajstić information content (AvgIpc) is 3.03. The Labute approximate surface area is 254 Å². The molecule has 42 heavy (non-hydrogen) atoms. The third-order valence-corrected chi connectivity index (χ3v) is 8.59. The lowest BCUT2D eigenvalue weighted by Gasteiger charge is -2.29. The summed E-state index contributed by atoms with van der Waals surface area (Å²) in [4.78, 5) is 0. The SMILES string of the molecule is CCCCCCCCCCCCC(C#N)(CCCC(CCc1cccc(OC)c1)/N=N/C)c1ccc2c(c1)OCCO2. The van der Waals surface area contributed by atoms with Crippen molar-refractivity contribution in [3.05, 3.63) is 53.6 Å². The molecule has 2 aromatic carbocycles. The molecule has 0 amide bonds. The van der Waals surface area contributed by atoms with Gasteiger partial charge in [0, 0.05) is 7.05 Å². The smallest absolute Gasteiger partial charge is 0.161 e. The molecule has 6 heteroatoms. The van der Waals surface area contributed by atoms with E-state index in [1.165, 1.54) is 63.4 Å². The highest BCUT2D eigenvalue weighted by Crippen LogP contribution is 2.40. The van der Waals surface area contributed by atoms with Gasteiger partial charge in [0.2, 0.25) is 0 Å². The van der Waals surface area contributed by atoms with E-state index in [9.17, 15) is 5.26 Å². The highest BCUT2D eigenvalue weighted by Gasteiger charge is 2.33. The van der Waals surface area contributed by atoms with E-state index < -0.39 is 5.41 Å². The fourth-order valence-electron chi connectivity index (χ4n) is 6.07. The number of hydrogen-bond acceptors (Lipinski definition) is 6. The van der Waals surface area contributed by atoms with E-state index in [0.717, 1.165) is 67.8 Å². The molecule has 0 aliphatic carbocycles. The number of ether oxygens (including phenoxy) is 3. The summed E-state index contributed by atoms with van der Waals surface area (Å²) in [5.74, 6) is 2.42. The van der Waals surface area contributed by atoms with Crippen molar-refractivity contribution in [1.82, 2.24) is 0 Å². The molecule has 230 valence electrons. The zero-order valence-corrected chi connectivity index (χ0v) is 26.4. The zero-order chi connectivity index (χ0) is 29.9. The summed E-state index contributed by atoms with van der Waals surface area (Å²) in [5.41, 5.74) is 1.75. The van der Waals surface area contributed by atoms with Gasteiger partial charge in [0.25, 0.3) is 0 Å². The van der Waals surface area contributed by atoms with E-state index in [2.05, 4.69) is 47.5 Å². The predicted molar refractivity (Wildman–Crippen MR) is 171 cm³/mol. The van der Waals surface area contributed by atoms with E-state index in [1.807, 2.05) is 18.2 Å². The van der Waals surface area contributed by atoms with Crippen molar-refractivity contribution < 1.29 is 14.2 Å². The second-order valence-corrected chi connectivity index (χ2v) is 11.7. The molecule has 1 aliphatic rings. The lowest BCUT2D eigenvalue weighted by atomic mass is 9.73. The van der Waals surface area contributed by atoms with Gasteiger partial charge in [0.15, 0.2) is 11.5 Å². The topological polar surface area (TPSA) is 76.2 Å². The van der Waals surface area contributed by atoms with Crippen molar-refractivity contribution in [2.24, 2.45) is 10.2 Å². The molecule has 3 rings (SSSR count). The molecule has 6 nitrogen and oxygen atoms in total. The summed E-state index contributed by atoms with van der Waals surface area (Å²) in [7, 11) is 3.45. The number of nitriles is 1. The van der Waals surface area contributed by atoms with E-state index >= 15 is 0 Å². The molecule has 0 N–H and O–H groups in total. The number of nitrogens with zero attached hydrogens (tertiary/aromatic N) is 3. The van der Waals surface area contributed by atoms with Gasteiger partial charge in [-0.05, 0) is 73.9 Å².